The van der Waals surface area contributed by atoms with E-state index in [9.17, 15) is 14.4 Å². The van der Waals surface area contributed by atoms with Gasteiger partial charge < -0.3 is 4.74 Å². The lowest BCUT2D eigenvalue weighted by molar-refractivity contribution is -0.149. The van der Waals surface area contributed by atoms with Gasteiger partial charge in [-0.2, -0.15) is 0 Å². The van der Waals surface area contributed by atoms with Crippen molar-refractivity contribution in [2.45, 2.75) is 26.4 Å². The van der Waals surface area contributed by atoms with Crippen LogP contribution in [0.1, 0.15) is 20.8 Å². The molecule has 0 aromatic heterocycles. The lowest BCUT2D eigenvalue weighted by Gasteiger charge is -2.33. The lowest BCUT2D eigenvalue weighted by Crippen LogP contribution is -2.44. The van der Waals surface area contributed by atoms with Crippen LogP contribution in [0.25, 0.3) is 0 Å². The predicted octanol–water partition coefficient (Wildman–Crippen LogP) is 1.34. The molecule has 1 heterocycles. The molecule has 0 saturated carbocycles. The summed E-state index contributed by atoms with van der Waals surface area (Å²) in [5.74, 6) is -1.06. The van der Waals surface area contributed by atoms with Crippen LogP contribution < -0.4 is 0 Å². The molecule has 104 valence electrons. The second-order valence-corrected chi connectivity index (χ2v) is 4.85. The molecule has 1 atom stereocenters. The summed E-state index contributed by atoms with van der Waals surface area (Å²) in [5, 5.41) is 0. The number of rotatable bonds is 2. The second kappa shape index (κ2) is 5.00. The van der Waals surface area contributed by atoms with Crippen molar-refractivity contribution in [2.75, 3.05) is 6.54 Å². The van der Waals surface area contributed by atoms with Crippen LogP contribution in [0.2, 0.25) is 0 Å². The summed E-state index contributed by atoms with van der Waals surface area (Å²) in [4.78, 5) is 39.8. The molecule has 0 amide bonds. The summed E-state index contributed by atoms with van der Waals surface area (Å²) in [7, 11) is 0. The number of allylic oxidation sites excluding steroid dienone is 4. The Morgan fingerprint density at radius 3 is 2.60 bits per heavy atom. The molecule has 0 fully saturated rings. The molecule has 0 aromatic carbocycles. The number of hydrogen-bond acceptors (Lipinski definition) is 5. The van der Waals surface area contributed by atoms with Crippen molar-refractivity contribution in [1.82, 2.24) is 0 Å². The zero-order valence-electron chi connectivity index (χ0n) is 11.6. The van der Waals surface area contributed by atoms with Gasteiger partial charge in [-0.3, -0.25) is 19.4 Å². The van der Waals surface area contributed by atoms with Gasteiger partial charge >= 0.3 is 5.97 Å². The molecular weight excluding hydrogens is 258 g/mol. The molecule has 0 radical (unpaired) electrons. The van der Waals surface area contributed by atoms with E-state index in [-0.39, 0.29) is 23.7 Å². The number of ketones is 2. The van der Waals surface area contributed by atoms with Crippen LogP contribution in [0.4, 0.5) is 0 Å². The van der Waals surface area contributed by atoms with E-state index in [1.165, 1.54) is 13.0 Å². The van der Waals surface area contributed by atoms with E-state index in [0.717, 1.165) is 0 Å². The summed E-state index contributed by atoms with van der Waals surface area (Å²) < 4.78 is 5.34. The monoisotopic (exact) mass is 273 g/mol. The van der Waals surface area contributed by atoms with Crippen molar-refractivity contribution < 1.29 is 19.1 Å². The zero-order valence-corrected chi connectivity index (χ0v) is 11.6. The molecule has 2 aliphatic rings. The topological polar surface area (TPSA) is 72.8 Å². The quantitative estimate of drug-likeness (QED) is 0.562. The minimum Gasteiger partial charge on any atom is -0.448 e. The van der Waals surface area contributed by atoms with Crippen molar-refractivity contribution in [3.05, 3.63) is 34.9 Å². The highest BCUT2D eigenvalue weighted by Crippen LogP contribution is 2.33. The molecule has 1 unspecified atom stereocenters. The molecule has 5 heteroatoms. The maximum Gasteiger partial charge on any atom is 0.303 e. The van der Waals surface area contributed by atoms with Crippen LogP contribution in [0, 0.1) is 0 Å². The number of aliphatic imine (C=N–C) groups is 1. The van der Waals surface area contributed by atoms with E-state index in [1.807, 2.05) is 0 Å². The molecule has 0 aromatic rings. The Kier molecular flexibility index (Phi) is 3.53. The standard InChI is InChI=1S/C15H15NO4/c1-9-7-12(18)13(10(2)14(9)19)15(20-11(3)17)5-4-6-16-8-15/h4-7H,8H2,1-3H3. The molecule has 20 heavy (non-hydrogen) atoms. The molecule has 0 bridgehead atoms. The summed E-state index contributed by atoms with van der Waals surface area (Å²) in [6, 6.07) is 0. The first kappa shape index (κ1) is 14.1. The molecule has 0 N–H and O–H groups in total. The van der Waals surface area contributed by atoms with E-state index in [1.54, 1.807) is 32.2 Å². The van der Waals surface area contributed by atoms with Crippen molar-refractivity contribution in [1.29, 1.82) is 0 Å². The van der Waals surface area contributed by atoms with E-state index in [0.29, 0.717) is 11.1 Å². The van der Waals surface area contributed by atoms with Gasteiger partial charge in [0, 0.05) is 24.3 Å². The third-order valence-corrected chi connectivity index (χ3v) is 3.30. The Morgan fingerprint density at radius 2 is 2.05 bits per heavy atom. The molecular formula is C15H15NO4. The SMILES string of the molecule is CC(=O)OC1(C2=C(C)C(=O)C(C)=CC2=O)C=CC=NC1. The van der Waals surface area contributed by atoms with Gasteiger partial charge in [-0.15, -0.1) is 0 Å². The minimum atomic E-state index is -1.28. The van der Waals surface area contributed by atoms with Gasteiger partial charge in [0.05, 0.1) is 12.1 Å². The Morgan fingerprint density at radius 1 is 1.35 bits per heavy atom. The Labute approximate surface area is 116 Å². The highest BCUT2D eigenvalue weighted by Gasteiger charge is 2.43. The summed E-state index contributed by atoms with van der Waals surface area (Å²) >= 11 is 0. The lowest BCUT2D eigenvalue weighted by atomic mass is 9.80. The first-order valence-corrected chi connectivity index (χ1v) is 6.23. The minimum absolute atomic E-state index is 0.0989. The molecule has 1 aliphatic carbocycles. The molecule has 1 aliphatic heterocycles. The van der Waals surface area contributed by atoms with Crippen LogP contribution in [0.5, 0.6) is 0 Å². The maximum absolute atomic E-state index is 12.3. The zero-order chi connectivity index (χ0) is 14.9. The summed E-state index contributed by atoms with van der Waals surface area (Å²) in [6.07, 6.45) is 6.05. The fourth-order valence-corrected chi connectivity index (χ4v) is 2.49. The Balaban J connectivity index is 2.57. The third-order valence-electron chi connectivity index (χ3n) is 3.30. The van der Waals surface area contributed by atoms with Gasteiger partial charge in [0.2, 0.25) is 0 Å². The van der Waals surface area contributed by atoms with Gasteiger partial charge in [-0.25, -0.2) is 0 Å². The van der Waals surface area contributed by atoms with Crippen LogP contribution >= 0.6 is 0 Å². The van der Waals surface area contributed by atoms with Crippen LogP contribution in [-0.2, 0) is 19.1 Å². The fraction of sp³-hybridized carbons (Fsp3) is 0.333. The van der Waals surface area contributed by atoms with Gasteiger partial charge in [0.15, 0.2) is 17.2 Å². The van der Waals surface area contributed by atoms with Gasteiger partial charge in [0.25, 0.3) is 0 Å². The average molecular weight is 273 g/mol. The number of hydrogen-bond donors (Lipinski definition) is 0. The average Bonchev–Trinajstić information content (AvgIpc) is 2.36. The maximum atomic E-state index is 12.3. The number of dihydropyridines is 1. The highest BCUT2D eigenvalue weighted by molar-refractivity contribution is 6.23. The van der Waals surface area contributed by atoms with Gasteiger partial charge in [-0.1, -0.05) is 0 Å². The fourth-order valence-electron chi connectivity index (χ4n) is 2.49. The Bertz CT molecular complexity index is 622. The molecule has 0 saturated heterocycles. The second-order valence-electron chi connectivity index (χ2n) is 4.85. The van der Waals surface area contributed by atoms with Crippen LogP contribution in [0.15, 0.2) is 39.9 Å². The first-order valence-electron chi connectivity index (χ1n) is 6.23. The van der Waals surface area contributed by atoms with E-state index >= 15 is 0 Å². The van der Waals surface area contributed by atoms with Crippen LogP contribution in [0.3, 0.4) is 0 Å². The Hall–Kier alpha value is -2.30. The van der Waals surface area contributed by atoms with Crippen molar-refractivity contribution >= 4 is 23.8 Å². The van der Waals surface area contributed by atoms with Crippen LogP contribution in [-0.4, -0.2) is 35.9 Å². The highest BCUT2D eigenvalue weighted by atomic mass is 16.6. The molecule has 2 rings (SSSR count). The number of ether oxygens (including phenoxy) is 1. The number of carbonyl (C=O) groups is 3. The van der Waals surface area contributed by atoms with E-state index < -0.39 is 11.6 Å². The van der Waals surface area contributed by atoms with Gasteiger partial charge in [-0.05, 0) is 32.1 Å². The van der Waals surface area contributed by atoms with Crippen molar-refractivity contribution in [3.8, 4) is 0 Å². The molecule has 5 nitrogen and oxygen atoms in total. The number of carbonyl (C=O) groups excluding carboxylic acids is 3. The van der Waals surface area contributed by atoms with Crippen molar-refractivity contribution in [2.24, 2.45) is 4.99 Å². The number of nitrogens with zero attached hydrogens (tertiary/aromatic N) is 1. The van der Waals surface area contributed by atoms with E-state index in [2.05, 4.69) is 4.99 Å². The molecule has 0 spiro atoms. The third kappa shape index (κ3) is 2.27. The largest absolute Gasteiger partial charge is 0.448 e. The predicted molar refractivity (Wildman–Crippen MR) is 73.5 cm³/mol. The van der Waals surface area contributed by atoms with E-state index in [4.69, 9.17) is 4.74 Å². The van der Waals surface area contributed by atoms with Crippen molar-refractivity contribution in [3.63, 3.8) is 0 Å². The summed E-state index contributed by atoms with van der Waals surface area (Å²) in [6.45, 7) is 4.53. The first-order chi connectivity index (χ1) is 9.37. The normalized spacial score (nSPS) is 25.9. The number of esters is 1. The summed E-state index contributed by atoms with van der Waals surface area (Å²) in [5.41, 5.74) is -0.402. The smallest absolute Gasteiger partial charge is 0.303 e. The number of Topliss-reactive ketones (excluding diaryl/α,β-unsaturated/α-hetero) is 1. The van der Waals surface area contributed by atoms with Gasteiger partial charge in [0.1, 0.15) is 0 Å².